The van der Waals surface area contributed by atoms with Crippen LogP contribution in [0.3, 0.4) is 0 Å². The summed E-state index contributed by atoms with van der Waals surface area (Å²) in [5.74, 6) is -2.78. The number of hydrogen-bond acceptors (Lipinski definition) is 13. The number of benzene rings is 2. The number of aromatic nitrogens is 4. The Labute approximate surface area is 346 Å². The molecular weight excluding hydrogens is 771 g/mol. The van der Waals surface area contributed by atoms with E-state index < -0.39 is 29.9 Å². The third-order valence-corrected chi connectivity index (χ3v) is 10.9. The van der Waals surface area contributed by atoms with Gasteiger partial charge in [0, 0.05) is 49.8 Å². The molecule has 2 aliphatic rings. The molecular formula is C42H51N11O7. The largest absolute Gasteiger partial charge is 0.480 e. The fourth-order valence-corrected chi connectivity index (χ4v) is 7.56. The lowest BCUT2D eigenvalue weighted by molar-refractivity contribution is -0.140. The number of anilines is 3. The number of nitrogen functional groups attached to an aromatic ring is 2. The molecule has 60 heavy (non-hydrogen) atoms. The van der Waals surface area contributed by atoms with Crippen LogP contribution >= 0.6 is 0 Å². The molecule has 4 aromatic rings. The van der Waals surface area contributed by atoms with Gasteiger partial charge in [0.25, 0.3) is 11.8 Å². The second kappa shape index (κ2) is 19.8. The van der Waals surface area contributed by atoms with Crippen LogP contribution in [0.4, 0.5) is 17.5 Å². The molecule has 1 saturated heterocycles. The van der Waals surface area contributed by atoms with Gasteiger partial charge in [-0.25, -0.2) is 14.8 Å². The second-order valence-electron chi connectivity index (χ2n) is 15.2. The number of unbranched alkanes of at least 4 members (excludes halogenated alkanes) is 6. The highest BCUT2D eigenvalue weighted by Gasteiger charge is 2.39. The van der Waals surface area contributed by atoms with Crippen molar-refractivity contribution in [3.05, 3.63) is 76.6 Å². The van der Waals surface area contributed by atoms with Gasteiger partial charge in [0.05, 0.1) is 18.4 Å². The van der Waals surface area contributed by atoms with Crippen LogP contribution in [-0.2, 0) is 38.7 Å². The van der Waals surface area contributed by atoms with Crippen LogP contribution < -0.4 is 32.3 Å². The SMILES string of the molecule is CN(Cc1cnc2nc(N)nc(N)c2n1)c1ccc(C(=O)NC(CCC(=O)NCCCCCCCCCc2cccc3c2CN(C2CCC(=O)NC2=O)C3=O)C(=O)O)cc1. The molecule has 0 spiro atoms. The summed E-state index contributed by atoms with van der Waals surface area (Å²) < 4.78 is 0. The average molecular weight is 822 g/mol. The van der Waals surface area contributed by atoms with E-state index in [4.69, 9.17) is 11.5 Å². The molecule has 316 valence electrons. The van der Waals surface area contributed by atoms with Crippen molar-refractivity contribution in [2.75, 3.05) is 30.0 Å². The highest BCUT2D eigenvalue weighted by atomic mass is 16.4. The number of nitrogens with two attached hydrogens (primary N) is 2. The first-order valence-corrected chi connectivity index (χ1v) is 20.3. The first-order valence-electron chi connectivity index (χ1n) is 20.3. The first-order chi connectivity index (χ1) is 28.9. The highest BCUT2D eigenvalue weighted by molar-refractivity contribution is 6.05. The number of rotatable bonds is 20. The van der Waals surface area contributed by atoms with Gasteiger partial charge in [-0.2, -0.15) is 9.97 Å². The lowest BCUT2D eigenvalue weighted by atomic mass is 9.98. The molecule has 0 bridgehead atoms. The van der Waals surface area contributed by atoms with E-state index in [-0.39, 0.29) is 54.3 Å². The molecule has 4 heterocycles. The Morgan fingerprint density at radius 1 is 0.967 bits per heavy atom. The van der Waals surface area contributed by atoms with Gasteiger partial charge in [0.2, 0.25) is 23.7 Å². The number of aryl methyl sites for hydroxylation is 1. The van der Waals surface area contributed by atoms with E-state index in [0.717, 1.165) is 68.2 Å². The Kier molecular flexibility index (Phi) is 14.2. The molecule has 0 radical (unpaired) electrons. The predicted octanol–water partition coefficient (Wildman–Crippen LogP) is 3.03. The maximum atomic E-state index is 13.1. The van der Waals surface area contributed by atoms with E-state index >= 15 is 0 Å². The number of carbonyl (C=O) groups excluding carboxylic acids is 5. The number of amides is 5. The molecule has 8 N–H and O–H groups in total. The van der Waals surface area contributed by atoms with Crippen LogP contribution in [0.2, 0.25) is 0 Å². The van der Waals surface area contributed by atoms with Crippen LogP contribution in [0.15, 0.2) is 48.7 Å². The van der Waals surface area contributed by atoms with Crippen molar-refractivity contribution in [2.24, 2.45) is 0 Å². The van der Waals surface area contributed by atoms with Gasteiger partial charge in [0.1, 0.15) is 12.1 Å². The van der Waals surface area contributed by atoms with E-state index in [1.165, 1.54) is 0 Å². The number of aliphatic carboxylic acids is 1. The minimum Gasteiger partial charge on any atom is -0.480 e. The minimum atomic E-state index is -1.23. The number of hydrogen-bond donors (Lipinski definition) is 6. The quantitative estimate of drug-likeness (QED) is 0.0553. The van der Waals surface area contributed by atoms with Gasteiger partial charge in [-0.3, -0.25) is 29.3 Å². The van der Waals surface area contributed by atoms with Crippen LogP contribution in [0.5, 0.6) is 0 Å². The number of carboxylic acid groups (broad SMARTS) is 1. The number of nitrogens with zero attached hydrogens (tertiary/aromatic N) is 6. The summed E-state index contributed by atoms with van der Waals surface area (Å²) in [6.45, 7) is 1.24. The monoisotopic (exact) mass is 821 g/mol. The van der Waals surface area contributed by atoms with Crippen molar-refractivity contribution in [3.63, 3.8) is 0 Å². The standard InChI is InChI=1S/C42H51N11O7/c1-52(23-27-22-46-37-35(47-27)36(43)50-42(44)51-37)28-15-13-26(14-16-28)38(56)48-31(41(59)60)17-19-33(54)45-21-8-6-4-2-3-5-7-10-25-11-9-12-29-30(25)24-53(40(29)58)32-18-20-34(55)49-39(32)57/h9,11-16,22,31-32H,2-8,10,17-21,23-24H2,1H3,(H,45,54)(H,48,56)(H,59,60)(H,49,55,57)(H4,43,44,46,50,51). The van der Waals surface area contributed by atoms with E-state index in [1.54, 1.807) is 35.4 Å². The van der Waals surface area contributed by atoms with Crippen molar-refractivity contribution < 1.29 is 33.9 Å². The number of piperidine rings is 1. The van der Waals surface area contributed by atoms with Crippen molar-refractivity contribution in [1.82, 2.24) is 40.8 Å². The topological polar surface area (TPSA) is 269 Å². The Morgan fingerprint density at radius 3 is 2.43 bits per heavy atom. The van der Waals surface area contributed by atoms with E-state index in [2.05, 4.69) is 35.9 Å². The van der Waals surface area contributed by atoms with Gasteiger partial charge in [-0.1, -0.05) is 44.2 Å². The van der Waals surface area contributed by atoms with Gasteiger partial charge in [-0.15, -0.1) is 0 Å². The maximum absolute atomic E-state index is 13.1. The molecule has 2 aromatic heterocycles. The van der Waals surface area contributed by atoms with Gasteiger partial charge >= 0.3 is 5.97 Å². The van der Waals surface area contributed by atoms with Crippen LogP contribution in [-0.4, -0.2) is 91.1 Å². The number of carbonyl (C=O) groups is 6. The molecule has 0 aliphatic carbocycles. The molecule has 2 atom stereocenters. The van der Waals surface area contributed by atoms with Gasteiger partial charge in [0.15, 0.2) is 17.0 Å². The third-order valence-electron chi connectivity index (χ3n) is 10.9. The number of carboxylic acids is 1. The summed E-state index contributed by atoms with van der Waals surface area (Å²) in [5, 5.41) is 17.5. The zero-order chi connectivity index (χ0) is 42.8. The summed E-state index contributed by atoms with van der Waals surface area (Å²) >= 11 is 0. The Hall–Kier alpha value is -6.72. The van der Waals surface area contributed by atoms with Crippen molar-refractivity contribution in [3.8, 4) is 0 Å². The molecule has 18 heteroatoms. The van der Waals surface area contributed by atoms with E-state index in [1.807, 2.05) is 30.1 Å². The minimum absolute atomic E-state index is 0.0117. The fourth-order valence-electron chi connectivity index (χ4n) is 7.56. The average Bonchev–Trinajstić information content (AvgIpc) is 3.56. The third kappa shape index (κ3) is 10.9. The Morgan fingerprint density at radius 2 is 1.70 bits per heavy atom. The van der Waals surface area contributed by atoms with E-state index in [9.17, 15) is 33.9 Å². The number of nitrogens with one attached hydrogen (secondary N) is 3. The lowest BCUT2D eigenvalue weighted by Gasteiger charge is -2.29. The molecule has 6 rings (SSSR count). The Bertz CT molecular complexity index is 2250. The van der Waals surface area contributed by atoms with Crippen molar-refractivity contribution in [1.29, 1.82) is 0 Å². The zero-order valence-corrected chi connectivity index (χ0v) is 33.6. The molecule has 0 saturated carbocycles. The maximum Gasteiger partial charge on any atom is 0.326 e. The first kappa shape index (κ1) is 42.9. The number of imide groups is 1. The van der Waals surface area contributed by atoms with Crippen LogP contribution in [0.1, 0.15) is 108 Å². The molecule has 2 aliphatic heterocycles. The smallest absolute Gasteiger partial charge is 0.326 e. The molecule has 18 nitrogen and oxygen atoms in total. The number of fused-ring (bicyclic) bond motifs is 2. The summed E-state index contributed by atoms with van der Waals surface area (Å²) in [7, 11) is 1.84. The summed E-state index contributed by atoms with van der Waals surface area (Å²) in [6.07, 6.45) is 9.82. The predicted molar refractivity (Wildman–Crippen MR) is 222 cm³/mol. The summed E-state index contributed by atoms with van der Waals surface area (Å²) in [4.78, 5) is 94.6. The second-order valence-corrected chi connectivity index (χ2v) is 15.2. The Balaban J connectivity index is 0.831. The summed E-state index contributed by atoms with van der Waals surface area (Å²) in [5.41, 5.74) is 16.6. The van der Waals surface area contributed by atoms with Crippen molar-refractivity contribution >= 4 is 64.1 Å². The molecule has 5 amide bonds. The molecule has 2 aromatic carbocycles. The zero-order valence-electron chi connectivity index (χ0n) is 33.6. The molecule has 2 unspecified atom stereocenters. The highest BCUT2D eigenvalue weighted by Crippen LogP contribution is 2.31. The normalized spacial score (nSPS) is 15.4. The molecule has 1 fully saturated rings. The lowest BCUT2D eigenvalue weighted by Crippen LogP contribution is -2.52. The van der Waals surface area contributed by atoms with Crippen molar-refractivity contribution in [2.45, 2.75) is 102 Å². The fraction of sp³-hybridized carbons (Fsp3) is 0.429. The van der Waals surface area contributed by atoms with E-state index in [0.29, 0.717) is 48.5 Å². The van der Waals surface area contributed by atoms with Gasteiger partial charge in [-0.05, 0) is 73.6 Å². The van der Waals surface area contributed by atoms with Gasteiger partial charge < -0.3 is 37.0 Å². The van der Waals surface area contributed by atoms with Crippen LogP contribution in [0, 0.1) is 0 Å². The summed E-state index contributed by atoms with van der Waals surface area (Å²) in [6, 6.07) is 10.5. The van der Waals surface area contributed by atoms with Crippen LogP contribution in [0.25, 0.3) is 11.2 Å².